The first kappa shape index (κ1) is 15.3. The lowest BCUT2D eigenvalue weighted by Gasteiger charge is -2.43. The van der Waals surface area contributed by atoms with Crippen LogP contribution in [0.1, 0.15) is 79.1 Å². The van der Waals surface area contributed by atoms with Gasteiger partial charge in [-0.3, -0.25) is 0 Å². The van der Waals surface area contributed by atoms with Crippen molar-refractivity contribution in [3.05, 3.63) is 0 Å². The first-order chi connectivity index (χ1) is 8.99. The van der Waals surface area contributed by atoms with Gasteiger partial charge in [-0.15, -0.1) is 0 Å². The van der Waals surface area contributed by atoms with Gasteiger partial charge >= 0.3 is 0 Å². The lowest BCUT2D eigenvalue weighted by molar-refractivity contribution is -0.0948. The number of rotatable bonds is 4. The third-order valence-electron chi connectivity index (χ3n) is 5.46. The summed E-state index contributed by atoms with van der Waals surface area (Å²) in [5, 5.41) is 3.96. The van der Waals surface area contributed by atoms with E-state index in [2.05, 4.69) is 33.0 Å². The zero-order valence-electron chi connectivity index (χ0n) is 13.4. The van der Waals surface area contributed by atoms with Gasteiger partial charge in [-0.1, -0.05) is 34.1 Å². The summed E-state index contributed by atoms with van der Waals surface area (Å²) in [5.41, 5.74) is 0.688. The van der Waals surface area contributed by atoms with Crippen molar-refractivity contribution in [1.82, 2.24) is 5.32 Å². The van der Waals surface area contributed by atoms with Gasteiger partial charge in [0.15, 0.2) is 0 Å². The molecule has 112 valence electrons. The molecule has 0 spiro atoms. The van der Waals surface area contributed by atoms with Crippen LogP contribution in [0.3, 0.4) is 0 Å². The third kappa shape index (κ3) is 3.95. The Balaban J connectivity index is 1.88. The van der Waals surface area contributed by atoms with Gasteiger partial charge in [0.05, 0.1) is 5.60 Å². The van der Waals surface area contributed by atoms with Gasteiger partial charge in [-0.25, -0.2) is 0 Å². The molecule has 1 aliphatic heterocycles. The molecule has 0 bridgehead atoms. The molecule has 19 heavy (non-hydrogen) atoms. The molecule has 0 amide bonds. The van der Waals surface area contributed by atoms with Crippen molar-refractivity contribution in [2.45, 2.75) is 96.7 Å². The highest BCUT2D eigenvalue weighted by Gasteiger charge is 2.36. The topological polar surface area (TPSA) is 21.3 Å². The van der Waals surface area contributed by atoms with E-state index in [1.807, 2.05) is 0 Å². The summed E-state index contributed by atoms with van der Waals surface area (Å²) in [4.78, 5) is 0. The van der Waals surface area contributed by atoms with Crippen molar-refractivity contribution in [2.75, 3.05) is 6.61 Å². The van der Waals surface area contributed by atoms with Gasteiger partial charge in [0.25, 0.3) is 0 Å². The van der Waals surface area contributed by atoms with E-state index >= 15 is 0 Å². The Morgan fingerprint density at radius 2 is 1.74 bits per heavy atom. The molecule has 0 aromatic heterocycles. The van der Waals surface area contributed by atoms with Crippen molar-refractivity contribution in [1.29, 1.82) is 0 Å². The van der Waals surface area contributed by atoms with E-state index in [9.17, 15) is 0 Å². The van der Waals surface area contributed by atoms with Crippen LogP contribution >= 0.6 is 0 Å². The monoisotopic (exact) mass is 267 g/mol. The molecular weight excluding hydrogens is 234 g/mol. The molecule has 2 fully saturated rings. The molecule has 2 heteroatoms. The van der Waals surface area contributed by atoms with Gasteiger partial charge in [-0.05, 0) is 50.4 Å². The zero-order valence-corrected chi connectivity index (χ0v) is 13.4. The van der Waals surface area contributed by atoms with Crippen LogP contribution in [0.5, 0.6) is 0 Å². The van der Waals surface area contributed by atoms with Crippen LogP contribution < -0.4 is 5.32 Å². The molecule has 2 rings (SSSR count). The third-order valence-corrected chi connectivity index (χ3v) is 5.46. The van der Waals surface area contributed by atoms with E-state index in [-0.39, 0.29) is 5.60 Å². The fraction of sp³-hybridized carbons (Fsp3) is 1.00. The fourth-order valence-corrected chi connectivity index (χ4v) is 4.09. The standard InChI is InChI=1S/C17H33NO/c1-5-17(6-2)13-15(9-11-19-17)18-14-8-7-10-16(3,4)12-14/h14-15,18H,5-13H2,1-4H3. The quantitative estimate of drug-likeness (QED) is 0.820. The van der Waals surface area contributed by atoms with Gasteiger partial charge in [0, 0.05) is 18.7 Å². The fourth-order valence-electron chi connectivity index (χ4n) is 4.09. The lowest BCUT2D eigenvalue weighted by atomic mass is 9.74. The van der Waals surface area contributed by atoms with Crippen LogP contribution in [0.15, 0.2) is 0 Å². The summed E-state index contributed by atoms with van der Waals surface area (Å²) in [7, 11) is 0. The molecule has 1 saturated carbocycles. The van der Waals surface area contributed by atoms with Crippen molar-refractivity contribution in [3.63, 3.8) is 0 Å². The second-order valence-corrected chi connectivity index (χ2v) is 7.55. The predicted molar refractivity (Wildman–Crippen MR) is 81.5 cm³/mol. The van der Waals surface area contributed by atoms with E-state index in [0.717, 1.165) is 25.5 Å². The Bertz CT molecular complexity index is 283. The summed E-state index contributed by atoms with van der Waals surface area (Å²) in [6.45, 7) is 10.3. The van der Waals surface area contributed by atoms with Crippen LogP contribution in [0.4, 0.5) is 0 Å². The Morgan fingerprint density at radius 1 is 1.05 bits per heavy atom. The van der Waals surface area contributed by atoms with Crippen molar-refractivity contribution < 1.29 is 4.74 Å². The SMILES string of the molecule is CCC1(CC)CC(NC2CCCC(C)(C)C2)CCO1. The summed E-state index contributed by atoms with van der Waals surface area (Å²) in [6, 6.07) is 1.41. The largest absolute Gasteiger partial charge is 0.375 e. The molecule has 0 aromatic rings. The maximum Gasteiger partial charge on any atom is 0.0692 e. The second-order valence-electron chi connectivity index (χ2n) is 7.55. The lowest BCUT2D eigenvalue weighted by Crippen LogP contribution is -2.50. The minimum Gasteiger partial charge on any atom is -0.375 e. The highest BCUT2D eigenvalue weighted by Crippen LogP contribution is 2.37. The Kier molecular flexibility index (Phi) is 4.94. The van der Waals surface area contributed by atoms with Gasteiger partial charge in [0.1, 0.15) is 0 Å². The molecule has 2 unspecified atom stereocenters. The van der Waals surface area contributed by atoms with E-state index < -0.39 is 0 Å². The molecule has 1 heterocycles. The minimum absolute atomic E-state index is 0.153. The number of hydrogen-bond acceptors (Lipinski definition) is 2. The summed E-state index contributed by atoms with van der Waals surface area (Å²) in [6.07, 6.45) is 10.2. The molecule has 2 nitrogen and oxygen atoms in total. The molecule has 0 radical (unpaired) electrons. The normalized spacial score (nSPS) is 34.1. The van der Waals surface area contributed by atoms with Crippen molar-refractivity contribution in [3.8, 4) is 0 Å². The number of ether oxygens (including phenoxy) is 1. The second kappa shape index (κ2) is 6.13. The Hall–Kier alpha value is -0.0800. The highest BCUT2D eigenvalue weighted by molar-refractivity contribution is 4.91. The smallest absolute Gasteiger partial charge is 0.0692 e. The first-order valence-corrected chi connectivity index (χ1v) is 8.39. The van der Waals surface area contributed by atoms with E-state index in [1.165, 1.54) is 38.5 Å². The predicted octanol–water partition coefficient (Wildman–Crippen LogP) is 4.28. The molecule has 2 atom stereocenters. The average molecular weight is 267 g/mol. The van der Waals surface area contributed by atoms with Gasteiger partial charge < -0.3 is 10.1 Å². The van der Waals surface area contributed by atoms with E-state index in [4.69, 9.17) is 4.74 Å². The van der Waals surface area contributed by atoms with Crippen LogP contribution in [0, 0.1) is 5.41 Å². The summed E-state index contributed by atoms with van der Waals surface area (Å²) >= 11 is 0. The van der Waals surface area contributed by atoms with Crippen LogP contribution in [-0.2, 0) is 4.74 Å². The summed E-state index contributed by atoms with van der Waals surface area (Å²) in [5.74, 6) is 0. The molecule has 1 saturated heterocycles. The average Bonchev–Trinajstić information content (AvgIpc) is 2.38. The molecular formula is C17H33NO. The minimum atomic E-state index is 0.153. The molecule has 0 aromatic carbocycles. The molecule has 1 aliphatic carbocycles. The Morgan fingerprint density at radius 3 is 2.37 bits per heavy atom. The van der Waals surface area contributed by atoms with E-state index in [0.29, 0.717) is 11.5 Å². The number of nitrogens with one attached hydrogen (secondary N) is 1. The molecule has 1 N–H and O–H groups in total. The maximum atomic E-state index is 6.08. The van der Waals surface area contributed by atoms with Crippen molar-refractivity contribution in [2.24, 2.45) is 5.41 Å². The zero-order chi connectivity index (χ0) is 13.9. The number of hydrogen-bond donors (Lipinski definition) is 1. The summed E-state index contributed by atoms with van der Waals surface area (Å²) < 4.78 is 6.08. The van der Waals surface area contributed by atoms with Crippen LogP contribution in [0.2, 0.25) is 0 Å². The van der Waals surface area contributed by atoms with Gasteiger partial charge in [-0.2, -0.15) is 0 Å². The van der Waals surface area contributed by atoms with Crippen LogP contribution in [-0.4, -0.2) is 24.3 Å². The van der Waals surface area contributed by atoms with Crippen molar-refractivity contribution >= 4 is 0 Å². The molecule has 2 aliphatic rings. The van der Waals surface area contributed by atoms with Gasteiger partial charge in [0.2, 0.25) is 0 Å². The Labute approximate surface area is 119 Å². The van der Waals surface area contributed by atoms with E-state index in [1.54, 1.807) is 0 Å². The highest BCUT2D eigenvalue weighted by atomic mass is 16.5. The van der Waals surface area contributed by atoms with Crippen LogP contribution in [0.25, 0.3) is 0 Å². The maximum absolute atomic E-state index is 6.08. The first-order valence-electron chi connectivity index (χ1n) is 8.39.